The summed E-state index contributed by atoms with van der Waals surface area (Å²) in [5.41, 5.74) is 0. The minimum atomic E-state index is -4.12. The van der Waals surface area contributed by atoms with Crippen molar-refractivity contribution in [3.63, 3.8) is 0 Å². The van der Waals surface area contributed by atoms with Crippen molar-refractivity contribution in [2.24, 2.45) is 5.92 Å². The summed E-state index contributed by atoms with van der Waals surface area (Å²) in [6.45, 7) is 2.57. The largest absolute Gasteiger partial charge is 0.393 e. The molecule has 0 aromatic rings. The van der Waals surface area contributed by atoms with E-state index in [1.165, 1.54) is 0 Å². The predicted molar refractivity (Wildman–Crippen MR) is 54.1 cm³/mol. The second kappa shape index (κ2) is 5.87. The van der Waals surface area contributed by atoms with Gasteiger partial charge >= 0.3 is 6.18 Å². The Morgan fingerprint density at radius 2 is 2.12 bits per heavy atom. The van der Waals surface area contributed by atoms with Crippen LogP contribution in [0, 0.1) is 5.92 Å². The monoisotopic (exact) mass is 240 g/mol. The summed E-state index contributed by atoms with van der Waals surface area (Å²) >= 11 is 0. The fourth-order valence-electron chi connectivity index (χ4n) is 2.25. The van der Waals surface area contributed by atoms with Gasteiger partial charge in [0.05, 0.1) is 12.2 Å². The fraction of sp³-hybridized carbons (Fsp3) is 1.00. The number of ether oxygens (including phenoxy) is 1. The molecule has 1 rings (SSSR count). The maximum atomic E-state index is 11.9. The molecule has 1 aliphatic heterocycles. The average molecular weight is 240 g/mol. The summed E-state index contributed by atoms with van der Waals surface area (Å²) in [6, 6.07) is 0. The zero-order valence-electron chi connectivity index (χ0n) is 9.46. The highest BCUT2D eigenvalue weighted by Crippen LogP contribution is 2.30. The Kier molecular flexibility index (Phi) is 5.05. The lowest BCUT2D eigenvalue weighted by molar-refractivity contribution is -0.137. The van der Waals surface area contributed by atoms with Crippen LogP contribution in [0.3, 0.4) is 0 Å². The van der Waals surface area contributed by atoms with Crippen LogP contribution in [0.4, 0.5) is 13.2 Å². The minimum Gasteiger partial charge on any atom is -0.393 e. The molecule has 1 heterocycles. The van der Waals surface area contributed by atoms with Crippen LogP contribution in [0.25, 0.3) is 0 Å². The van der Waals surface area contributed by atoms with E-state index < -0.39 is 18.7 Å². The van der Waals surface area contributed by atoms with Crippen molar-refractivity contribution >= 4 is 0 Å². The Labute approximate surface area is 93.8 Å². The van der Waals surface area contributed by atoms with Crippen molar-refractivity contribution in [1.82, 2.24) is 0 Å². The number of hydrogen-bond acceptors (Lipinski definition) is 2. The van der Waals surface area contributed by atoms with Crippen molar-refractivity contribution < 1.29 is 23.0 Å². The quantitative estimate of drug-likeness (QED) is 0.800. The summed E-state index contributed by atoms with van der Waals surface area (Å²) in [6.07, 6.45) is -3.80. The van der Waals surface area contributed by atoms with Crippen molar-refractivity contribution in [3.05, 3.63) is 0 Å². The SMILES string of the molecule is CCC1OCCC1C(O)CCCC(F)(F)F. The van der Waals surface area contributed by atoms with Gasteiger partial charge < -0.3 is 9.84 Å². The zero-order chi connectivity index (χ0) is 12.2. The molecule has 0 saturated carbocycles. The maximum absolute atomic E-state index is 11.9. The number of rotatable bonds is 5. The van der Waals surface area contributed by atoms with Gasteiger partial charge in [0.1, 0.15) is 0 Å². The molecule has 0 aromatic carbocycles. The number of halogens is 3. The molecule has 0 radical (unpaired) electrons. The van der Waals surface area contributed by atoms with Gasteiger partial charge in [-0.3, -0.25) is 0 Å². The smallest absolute Gasteiger partial charge is 0.389 e. The molecule has 0 aromatic heterocycles. The van der Waals surface area contributed by atoms with E-state index >= 15 is 0 Å². The molecule has 3 atom stereocenters. The molecule has 0 spiro atoms. The molecule has 16 heavy (non-hydrogen) atoms. The van der Waals surface area contributed by atoms with Crippen molar-refractivity contribution in [3.8, 4) is 0 Å². The predicted octanol–water partition coefficient (Wildman–Crippen LogP) is 2.90. The van der Waals surface area contributed by atoms with E-state index in [0.29, 0.717) is 6.61 Å². The van der Waals surface area contributed by atoms with E-state index in [4.69, 9.17) is 4.74 Å². The zero-order valence-corrected chi connectivity index (χ0v) is 9.46. The number of hydrogen-bond donors (Lipinski definition) is 1. The number of aliphatic hydroxyl groups excluding tert-OH is 1. The third-order valence-electron chi connectivity index (χ3n) is 3.12. The van der Waals surface area contributed by atoms with Gasteiger partial charge in [-0.15, -0.1) is 0 Å². The summed E-state index contributed by atoms with van der Waals surface area (Å²) in [4.78, 5) is 0. The van der Waals surface area contributed by atoms with Gasteiger partial charge in [-0.25, -0.2) is 0 Å². The lowest BCUT2D eigenvalue weighted by Gasteiger charge is -2.22. The molecule has 1 N–H and O–H groups in total. The molecular formula is C11H19F3O2. The molecule has 1 fully saturated rings. The average Bonchev–Trinajstić information content (AvgIpc) is 2.63. The van der Waals surface area contributed by atoms with E-state index in [1.54, 1.807) is 0 Å². The van der Waals surface area contributed by atoms with Crippen molar-refractivity contribution in [1.29, 1.82) is 0 Å². The van der Waals surface area contributed by atoms with Crippen molar-refractivity contribution in [2.45, 2.75) is 57.4 Å². The first-order valence-electron chi connectivity index (χ1n) is 5.80. The Bertz CT molecular complexity index is 206. The van der Waals surface area contributed by atoms with Gasteiger partial charge in [0, 0.05) is 18.9 Å². The van der Waals surface area contributed by atoms with Gasteiger partial charge in [-0.1, -0.05) is 6.92 Å². The van der Waals surface area contributed by atoms with Crippen LogP contribution in [0.5, 0.6) is 0 Å². The second-order valence-electron chi connectivity index (χ2n) is 4.34. The van der Waals surface area contributed by atoms with Crippen LogP contribution in [-0.2, 0) is 4.74 Å². The first-order valence-corrected chi connectivity index (χ1v) is 5.80. The molecule has 5 heteroatoms. The van der Waals surface area contributed by atoms with E-state index in [0.717, 1.165) is 12.8 Å². The second-order valence-corrected chi connectivity index (χ2v) is 4.34. The Balaban J connectivity index is 2.26. The first-order chi connectivity index (χ1) is 7.44. The molecule has 2 nitrogen and oxygen atoms in total. The van der Waals surface area contributed by atoms with Crippen LogP contribution in [-0.4, -0.2) is 30.1 Å². The van der Waals surface area contributed by atoms with Gasteiger partial charge in [0.15, 0.2) is 0 Å². The first kappa shape index (κ1) is 13.8. The highest BCUT2D eigenvalue weighted by atomic mass is 19.4. The highest BCUT2D eigenvalue weighted by molar-refractivity contribution is 4.81. The van der Waals surface area contributed by atoms with Crippen LogP contribution in [0.1, 0.15) is 39.0 Å². The molecule has 0 aliphatic carbocycles. The number of aliphatic hydroxyl groups is 1. The van der Waals surface area contributed by atoms with Crippen LogP contribution < -0.4 is 0 Å². The fourth-order valence-corrected chi connectivity index (χ4v) is 2.25. The number of alkyl halides is 3. The summed E-state index contributed by atoms with van der Waals surface area (Å²) < 4.78 is 41.2. The molecule has 1 aliphatic rings. The normalized spacial score (nSPS) is 28.3. The summed E-state index contributed by atoms with van der Waals surface area (Å²) in [5, 5.41) is 9.80. The maximum Gasteiger partial charge on any atom is 0.389 e. The summed E-state index contributed by atoms with van der Waals surface area (Å²) in [7, 11) is 0. The van der Waals surface area contributed by atoms with Gasteiger partial charge in [-0.05, 0) is 25.7 Å². The van der Waals surface area contributed by atoms with E-state index in [9.17, 15) is 18.3 Å². The highest BCUT2D eigenvalue weighted by Gasteiger charge is 2.33. The van der Waals surface area contributed by atoms with Crippen LogP contribution >= 0.6 is 0 Å². The van der Waals surface area contributed by atoms with E-state index in [1.807, 2.05) is 6.92 Å². The molecule has 1 saturated heterocycles. The Morgan fingerprint density at radius 3 is 2.69 bits per heavy atom. The lowest BCUT2D eigenvalue weighted by Crippen LogP contribution is -2.28. The molecule has 0 bridgehead atoms. The Hall–Kier alpha value is -0.290. The molecule has 96 valence electrons. The summed E-state index contributed by atoms with van der Waals surface area (Å²) in [5.74, 6) is 0.0123. The van der Waals surface area contributed by atoms with Crippen LogP contribution in [0.15, 0.2) is 0 Å². The molecular weight excluding hydrogens is 221 g/mol. The topological polar surface area (TPSA) is 29.5 Å². The third kappa shape index (κ3) is 4.29. The minimum absolute atomic E-state index is 0.00238. The lowest BCUT2D eigenvalue weighted by atomic mass is 9.90. The van der Waals surface area contributed by atoms with E-state index in [2.05, 4.69) is 0 Å². The molecule has 0 amide bonds. The van der Waals surface area contributed by atoms with Crippen LogP contribution in [0.2, 0.25) is 0 Å². The molecule has 3 unspecified atom stereocenters. The van der Waals surface area contributed by atoms with E-state index in [-0.39, 0.29) is 24.9 Å². The van der Waals surface area contributed by atoms with Gasteiger partial charge in [-0.2, -0.15) is 13.2 Å². The Morgan fingerprint density at radius 1 is 1.44 bits per heavy atom. The third-order valence-corrected chi connectivity index (χ3v) is 3.12. The van der Waals surface area contributed by atoms with Gasteiger partial charge in [0.25, 0.3) is 0 Å². The van der Waals surface area contributed by atoms with Crippen molar-refractivity contribution in [2.75, 3.05) is 6.61 Å². The van der Waals surface area contributed by atoms with Gasteiger partial charge in [0.2, 0.25) is 0 Å². The standard InChI is InChI=1S/C11H19F3O2/c1-2-10-8(5-7-16-10)9(15)4-3-6-11(12,13)14/h8-10,15H,2-7H2,1H3.